The summed E-state index contributed by atoms with van der Waals surface area (Å²) in [5.41, 5.74) is 2.88. The molecule has 7 nitrogen and oxygen atoms in total. The normalized spacial score (nSPS) is 15.7. The molecule has 1 saturated carbocycles. The van der Waals surface area contributed by atoms with E-state index >= 15 is 0 Å². The first-order chi connectivity index (χ1) is 18.4. The molecule has 0 saturated heterocycles. The third-order valence-corrected chi connectivity index (χ3v) is 8.84. The minimum Gasteiger partial charge on any atom is -0.388 e. The highest BCUT2D eigenvalue weighted by atomic mass is 32.2. The van der Waals surface area contributed by atoms with Crippen LogP contribution in [0.3, 0.4) is 0 Å². The maximum atomic E-state index is 13.4. The Labute approximate surface area is 240 Å². The molecular formula is C31H57NO6S. The van der Waals surface area contributed by atoms with Crippen molar-refractivity contribution >= 4 is 10.1 Å². The average Bonchev–Trinajstić information content (AvgIpc) is 2.90. The van der Waals surface area contributed by atoms with Crippen LogP contribution in [-0.4, -0.2) is 73.3 Å². The second kappa shape index (κ2) is 17.7. The van der Waals surface area contributed by atoms with Crippen molar-refractivity contribution in [3.8, 4) is 0 Å². The lowest BCUT2D eigenvalue weighted by molar-refractivity contribution is -0.239. The Balaban J connectivity index is 0.00000242. The largest absolute Gasteiger partial charge is 0.388 e. The number of rotatable bonds is 15. The van der Waals surface area contributed by atoms with Crippen LogP contribution in [0.2, 0.25) is 0 Å². The summed E-state index contributed by atoms with van der Waals surface area (Å²) in [6.07, 6.45) is 6.09. The highest BCUT2D eigenvalue weighted by Gasteiger charge is 2.32. The van der Waals surface area contributed by atoms with Crippen LogP contribution in [-0.2, 0) is 28.5 Å². The van der Waals surface area contributed by atoms with Gasteiger partial charge in [0.25, 0.3) is 10.1 Å². The molecule has 1 aliphatic rings. The van der Waals surface area contributed by atoms with Gasteiger partial charge in [-0.15, -0.1) is 0 Å². The van der Waals surface area contributed by atoms with Crippen LogP contribution in [0, 0.1) is 0 Å². The molecule has 8 heteroatoms. The number of likely N-dealkylation sites (N-methyl/N-ethyl adjacent to an activating group) is 1. The van der Waals surface area contributed by atoms with Crippen molar-refractivity contribution < 1.29 is 26.8 Å². The van der Waals surface area contributed by atoms with E-state index in [1.807, 2.05) is 27.7 Å². The fourth-order valence-corrected chi connectivity index (χ4v) is 6.60. The van der Waals surface area contributed by atoms with Crippen molar-refractivity contribution in [3.63, 3.8) is 0 Å². The predicted molar refractivity (Wildman–Crippen MR) is 160 cm³/mol. The van der Waals surface area contributed by atoms with E-state index in [-0.39, 0.29) is 18.4 Å². The Morgan fingerprint density at radius 2 is 1.38 bits per heavy atom. The maximum absolute atomic E-state index is 13.4. The quantitative estimate of drug-likeness (QED) is 0.127. The summed E-state index contributed by atoms with van der Waals surface area (Å²) in [4.78, 5) is 2.65. The molecule has 0 N–H and O–H groups in total. The van der Waals surface area contributed by atoms with Crippen LogP contribution in [0.25, 0.3) is 0 Å². The second-order valence-corrected chi connectivity index (χ2v) is 13.0. The van der Waals surface area contributed by atoms with E-state index < -0.39 is 15.9 Å². The van der Waals surface area contributed by atoms with E-state index in [2.05, 4.69) is 42.5 Å². The minimum atomic E-state index is -3.86. The Morgan fingerprint density at radius 3 is 1.82 bits per heavy atom. The number of nitrogens with zero attached hydrogens (tertiary/aromatic N) is 1. The Bertz CT molecular complexity index is 894. The van der Waals surface area contributed by atoms with Crippen molar-refractivity contribution in [2.45, 2.75) is 115 Å². The maximum Gasteiger partial charge on any atom is 0.297 e. The van der Waals surface area contributed by atoms with Gasteiger partial charge in [0.1, 0.15) is 4.90 Å². The molecule has 0 unspecified atom stereocenters. The summed E-state index contributed by atoms with van der Waals surface area (Å²) in [6, 6.07) is 4.10. The molecule has 0 atom stereocenters. The molecule has 2 rings (SSSR count). The molecule has 0 aromatic heterocycles. The van der Waals surface area contributed by atoms with Crippen LogP contribution in [0.1, 0.15) is 121 Å². The first kappa shape index (κ1) is 36.0. The van der Waals surface area contributed by atoms with Crippen LogP contribution in [0.4, 0.5) is 0 Å². The first-order valence-electron chi connectivity index (χ1n) is 14.8. The molecule has 0 radical (unpaired) electrons. The lowest BCUT2D eigenvalue weighted by Gasteiger charge is -2.36. The molecule has 1 fully saturated rings. The molecule has 1 aromatic rings. The van der Waals surface area contributed by atoms with E-state index in [0.717, 1.165) is 56.4 Å². The lowest BCUT2D eigenvalue weighted by atomic mass is 9.89. The highest BCUT2D eigenvalue weighted by molar-refractivity contribution is 7.86. The zero-order valence-corrected chi connectivity index (χ0v) is 27.3. The van der Waals surface area contributed by atoms with Crippen LogP contribution >= 0.6 is 0 Å². The van der Waals surface area contributed by atoms with Crippen LogP contribution < -0.4 is 0 Å². The van der Waals surface area contributed by atoms with Gasteiger partial charge in [0.15, 0.2) is 5.79 Å². The van der Waals surface area contributed by atoms with Gasteiger partial charge in [0.05, 0.1) is 13.2 Å². The summed E-state index contributed by atoms with van der Waals surface area (Å²) < 4.78 is 48.6. The Morgan fingerprint density at radius 1 is 0.846 bits per heavy atom. The summed E-state index contributed by atoms with van der Waals surface area (Å²) in [5.74, 6) is 0.0790. The number of benzene rings is 1. The zero-order valence-electron chi connectivity index (χ0n) is 26.5. The molecule has 0 bridgehead atoms. The summed E-state index contributed by atoms with van der Waals surface area (Å²) >= 11 is 0. The number of methoxy groups -OCH3 is 2. The van der Waals surface area contributed by atoms with Crippen molar-refractivity contribution in [1.82, 2.24) is 4.90 Å². The van der Waals surface area contributed by atoms with E-state index in [1.54, 1.807) is 21.3 Å². The van der Waals surface area contributed by atoms with Gasteiger partial charge >= 0.3 is 0 Å². The minimum absolute atomic E-state index is 0.0877. The van der Waals surface area contributed by atoms with E-state index in [0.29, 0.717) is 23.8 Å². The smallest absolute Gasteiger partial charge is 0.297 e. The summed E-state index contributed by atoms with van der Waals surface area (Å²) in [7, 11) is 1.13. The van der Waals surface area contributed by atoms with Gasteiger partial charge in [0, 0.05) is 47.3 Å². The van der Waals surface area contributed by atoms with Gasteiger partial charge in [-0.2, -0.15) is 8.42 Å². The second-order valence-electron chi connectivity index (χ2n) is 11.5. The molecule has 1 aromatic carbocycles. The number of ether oxygens (including phenoxy) is 3. The highest BCUT2D eigenvalue weighted by Crippen LogP contribution is 2.36. The molecule has 0 aliphatic heterocycles. The van der Waals surface area contributed by atoms with Gasteiger partial charge in [-0.1, -0.05) is 67.0 Å². The third-order valence-electron chi connectivity index (χ3n) is 7.39. The molecule has 1 aliphatic carbocycles. The molecule has 0 heterocycles. The Hall–Kier alpha value is -1.03. The zero-order chi connectivity index (χ0) is 29.6. The lowest BCUT2D eigenvalue weighted by Crippen LogP contribution is -2.40. The topological polar surface area (TPSA) is 74.3 Å². The predicted octanol–water partition coefficient (Wildman–Crippen LogP) is 7.06. The molecule has 228 valence electrons. The van der Waals surface area contributed by atoms with Gasteiger partial charge in [-0.3, -0.25) is 4.18 Å². The standard InChI is InChI=1S/C29H51NO5S.C2H6O/c1-9-30(17-19-34-29(33-8)14-11-10-12-15-29)16-13-18-35-36(31,32)28-26(23(4)5)20-25(22(2)3)21-27(28)24(6)7;1-3-2/h20-24H,9-19H2,1-8H3;1-2H3. The molecule has 0 amide bonds. The van der Waals surface area contributed by atoms with Crippen LogP contribution in [0.15, 0.2) is 17.0 Å². The number of hydrogen-bond donors (Lipinski definition) is 0. The first-order valence-corrected chi connectivity index (χ1v) is 16.2. The van der Waals surface area contributed by atoms with Gasteiger partial charge in [-0.05, 0) is 60.3 Å². The molecule has 39 heavy (non-hydrogen) atoms. The average molecular weight is 572 g/mol. The third kappa shape index (κ3) is 11.4. The van der Waals surface area contributed by atoms with E-state index in [9.17, 15) is 8.42 Å². The molecule has 0 spiro atoms. The van der Waals surface area contributed by atoms with Crippen molar-refractivity contribution in [2.24, 2.45) is 0 Å². The van der Waals surface area contributed by atoms with Crippen molar-refractivity contribution in [1.29, 1.82) is 0 Å². The SMILES string of the molecule is CCN(CCCOS(=O)(=O)c1c(C(C)C)cc(C(C)C)cc1C(C)C)CCOC1(OC)CCCCC1.COC. The number of hydrogen-bond acceptors (Lipinski definition) is 7. The van der Waals surface area contributed by atoms with Crippen molar-refractivity contribution in [2.75, 3.05) is 54.2 Å². The van der Waals surface area contributed by atoms with Gasteiger partial charge < -0.3 is 19.1 Å². The van der Waals surface area contributed by atoms with Gasteiger partial charge in [-0.25, -0.2) is 0 Å². The summed E-state index contributed by atoms with van der Waals surface area (Å²) in [5, 5.41) is 0. The van der Waals surface area contributed by atoms with Crippen molar-refractivity contribution in [3.05, 3.63) is 28.8 Å². The fourth-order valence-electron chi connectivity index (χ4n) is 4.98. The molecular weight excluding hydrogens is 514 g/mol. The monoisotopic (exact) mass is 571 g/mol. The van der Waals surface area contributed by atoms with Crippen LogP contribution in [0.5, 0.6) is 0 Å². The summed E-state index contributed by atoms with van der Waals surface area (Å²) in [6.45, 7) is 17.8. The van der Waals surface area contributed by atoms with E-state index in [4.69, 9.17) is 13.7 Å². The van der Waals surface area contributed by atoms with Gasteiger partial charge in [0.2, 0.25) is 0 Å². The Kier molecular flexibility index (Phi) is 16.3. The van der Waals surface area contributed by atoms with E-state index in [1.165, 1.54) is 12.0 Å². The fraction of sp³-hybridized carbons (Fsp3) is 0.806.